The Balaban J connectivity index is 1.66. The molecule has 10 atom stereocenters. The summed E-state index contributed by atoms with van der Waals surface area (Å²) in [4.78, 5) is 13.4. The molecule has 0 radical (unpaired) electrons. The van der Waals surface area contributed by atoms with Crippen molar-refractivity contribution in [2.75, 3.05) is 7.11 Å². The molecule has 0 aromatic heterocycles. The summed E-state index contributed by atoms with van der Waals surface area (Å²) in [5, 5.41) is 55.7. The Morgan fingerprint density at radius 3 is 2.40 bits per heavy atom. The van der Waals surface area contributed by atoms with Gasteiger partial charge in [-0.1, -0.05) is 13.8 Å². The fourth-order valence-corrected chi connectivity index (χ4v) is 8.56. The van der Waals surface area contributed by atoms with Gasteiger partial charge < -0.3 is 30.3 Å². The molecule has 0 aromatic rings. The van der Waals surface area contributed by atoms with Gasteiger partial charge in [-0.2, -0.15) is 0 Å². The second-order valence-electron chi connectivity index (χ2n) is 13.4. The fourth-order valence-electron chi connectivity index (χ4n) is 8.56. The van der Waals surface area contributed by atoms with Crippen LogP contribution < -0.4 is 0 Å². The van der Waals surface area contributed by atoms with Gasteiger partial charge in [-0.05, 0) is 101 Å². The maximum absolute atomic E-state index is 13.4. The molecule has 0 amide bonds. The van der Waals surface area contributed by atoms with Crippen molar-refractivity contribution >= 4 is 5.78 Å². The molecule has 7 heteroatoms. The zero-order valence-corrected chi connectivity index (χ0v) is 22.3. The third-order valence-electron chi connectivity index (χ3n) is 10.8. The van der Waals surface area contributed by atoms with E-state index in [-0.39, 0.29) is 36.1 Å². The Morgan fingerprint density at radius 1 is 1.14 bits per heavy atom. The highest BCUT2D eigenvalue weighted by Crippen LogP contribution is 2.68. The number of carbonyl (C=O) groups excluding carboxylic acids is 1. The lowest BCUT2D eigenvalue weighted by Gasteiger charge is -2.61. The second-order valence-corrected chi connectivity index (χ2v) is 13.4. The number of hydrogen-bond acceptors (Lipinski definition) is 7. The molecule has 3 fully saturated rings. The Kier molecular flexibility index (Phi) is 6.69. The highest BCUT2D eigenvalue weighted by molar-refractivity contribution is 5.95. The molecule has 5 N–H and O–H groups in total. The number of ether oxygens (including phenoxy) is 1. The van der Waals surface area contributed by atoms with Crippen LogP contribution >= 0.6 is 0 Å². The molecule has 4 aliphatic rings. The van der Waals surface area contributed by atoms with E-state index in [1.165, 1.54) is 0 Å². The number of rotatable bonds is 6. The Morgan fingerprint density at radius 2 is 1.80 bits per heavy atom. The van der Waals surface area contributed by atoms with Gasteiger partial charge in [0.15, 0.2) is 5.78 Å². The van der Waals surface area contributed by atoms with Crippen LogP contribution in [0.2, 0.25) is 0 Å². The second kappa shape index (κ2) is 8.60. The number of aliphatic hydroxyl groups is 5. The zero-order chi connectivity index (χ0) is 26.2. The van der Waals surface area contributed by atoms with Gasteiger partial charge in [0.1, 0.15) is 0 Å². The van der Waals surface area contributed by atoms with Crippen LogP contribution in [0.4, 0.5) is 0 Å². The van der Waals surface area contributed by atoms with Crippen LogP contribution in [-0.2, 0) is 9.53 Å². The Labute approximate surface area is 209 Å². The number of allylic oxidation sites excluding steroid dienone is 1. The summed E-state index contributed by atoms with van der Waals surface area (Å²) in [5.74, 6) is -0.652. The first-order valence-corrected chi connectivity index (χ1v) is 13.3. The first-order chi connectivity index (χ1) is 16.0. The molecule has 0 bridgehead atoms. The van der Waals surface area contributed by atoms with Crippen LogP contribution in [0.15, 0.2) is 11.6 Å². The van der Waals surface area contributed by atoms with Crippen LogP contribution in [0.1, 0.15) is 86.0 Å². The minimum absolute atomic E-state index is 0.00852. The number of ketones is 1. The van der Waals surface area contributed by atoms with Crippen LogP contribution in [0.5, 0.6) is 0 Å². The van der Waals surface area contributed by atoms with E-state index in [2.05, 4.69) is 6.92 Å². The molecule has 3 saturated carbocycles. The van der Waals surface area contributed by atoms with Crippen molar-refractivity contribution in [3.63, 3.8) is 0 Å². The molecule has 7 nitrogen and oxygen atoms in total. The average molecular weight is 495 g/mol. The molecule has 0 aromatic carbocycles. The van der Waals surface area contributed by atoms with Crippen molar-refractivity contribution in [1.82, 2.24) is 0 Å². The van der Waals surface area contributed by atoms with E-state index in [0.717, 1.165) is 12.0 Å². The largest absolute Gasteiger partial charge is 0.390 e. The minimum atomic E-state index is -1.45. The van der Waals surface area contributed by atoms with E-state index in [1.54, 1.807) is 34.0 Å². The minimum Gasteiger partial charge on any atom is -0.390 e. The summed E-state index contributed by atoms with van der Waals surface area (Å²) < 4.78 is 5.46. The fraction of sp³-hybridized carbons (Fsp3) is 0.893. The van der Waals surface area contributed by atoms with Gasteiger partial charge in [-0.3, -0.25) is 4.79 Å². The van der Waals surface area contributed by atoms with Crippen molar-refractivity contribution in [3.8, 4) is 0 Å². The molecule has 0 heterocycles. The first kappa shape index (κ1) is 27.2. The van der Waals surface area contributed by atoms with Crippen LogP contribution in [0.25, 0.3) is 0 Å². The molecule has 35 heavy (non-hydrogen) atoms. The third-order valence-corrected chi connectivity index (χ3v) is 10.8. The van der Waals surface area contributed by atoms with Gasteiger partial charge in [0, 0.05) is 18.4 Å². The maximum Gasteiger partial charge on any atom is 0.159 e. The summed E-state index contributed by atoms with van der Waals surface area (Å²) in [6.07, 6.45) is 3.51. The smallest absolute Gasteiger partial charge is 0.159 e. The molecular weight excluding hydrogens is 448 g/mol. The summed E-state index contributed by atoms with van der Waals surface area (Å²) in [7, 11) is 1.57. The van der Waals surface area contributed by atoms with Gasteiger partial charge in [0.25, 0.3) is 0 Å². The molecule has 0 aliphatic heterocycles. The van der Waals surface area contributed by atoms with E-state index in [0.29, 0.717) is 38.5 Å². The SMILES string of the molecule is CO[C@@H]1C[C@H]2C(=O)C=C3[C@H](CC[C@]4(C)[C@@H]([C@@](C)(O)[C@H](O)CCC(C)(C)O)CC[C@@]34O)[C@@]2(C)C[C@@H]1O. The molecule has 0 saturated heterocycles. The van der Waals surface area contributed by atoms with Crippen LogP contribution in [0.3, 0.4) is 0 Å². The maximum atomic E-state index is 13.4. The van der Waals surface area contributed by atoms with Crippen LogP contribution in [0, 0.1) is 28.6 Å². The topological polar surface area (TPSA) is 127 Å². The number of aliphatic hydroxyl groups excluding tert-OH is 2. The number of carbonyl (C=O) groups is 1. The monoisotopic (exact) mass is 494 g/mol. The van der Waals surface area contributed by atoms with Gasteiger partial charge >= 0.3 is 0 Å². The van der Waals surface area contributed by atoms with Crippen LogP contribution in [-0.4, -0.2) is 73.5 Å². The molecule has 0 unspecified atom stereocenters. The van der Waals surface area contributed by atoms with Crippen molar-refractivity contribution < 1.29 is 35.1 Å². The van der Waals surface area contributed by atoms with Gasteiger partial charge in [-0.25, -0.2) is 0 Å². The molecule has 4 aliphatic carbocycles. The van der Waals surface area contributed by atoms with Gasteiger partial charge in [0.2, 0.25) is 0 Å². The molecule has 0 spiro atoms. The summed E-state index contributed by atoms with van der Waals surface area (Å²) in [6, 6.07) is 0. The van der Waals surface area contributed by atoms with E-state index in [9.17, 15) is 30.3 Å². The van der Waals surface area contributed by atoms with Crippen molar-refractivity contribution in [3.05, 3.63) is 11.6 Å². The Bertz CT molecular complexity index is 875. The zero-order valence-electron chi connectivity index (χ0n) is 22.3. The summed E-state index contributed by atoms with van der Waals surface area (Å²) >= 11 is 0. The number of fused-ring (bicyclic) bond motifs is 5. The quantitative estimate of drug-likeness (QED) is 0.384. The standard InChI is InChI=1S/C28H46O7/c1-24(2,32)10-9-23(31)27(5,33)22-8-12-28(34)17-13-19(29)18-14-21(35-6)20(30)15-25(18,3)16(17)7-11-26(22,28)4/h13,16,18,20-23,30-34H,7-12,14-15H2,1-6H3/t16-,18-,20-,21+,22-,23+,25+,26+,27+,28+/m0/s1. The lowest BCUT2D eigenvalue weighted by molar-refractivity contribution is -0.178. The predicted molar refractivity (Wildman–Crippen MR) is 131 cm³/mol. The lowest BCUT2D eigenvalue weighted by Crippen LogP contribution is -2.63. The average Bonchev–Trinajstić information content (AvgIpc) is 3.03. The van der Waals surface area contributed by atoms with Crippen molar-refractivity contribution in [1.29, 1.82) is 0 Å². The highest BCUT2D eigenvalue weighted by Gasteiger charge is 2.69. The Hall–Kier alpha value is -0.830. The molecule has 4 rings (SSSR count). The summed E-state index contributed by atoms with van der Waals surface area (Å²) in [5.41, 5.74) is -4.06. The predicted octanol–water partition coefficient (Wildman–Crippen LogP) is 2.51. The van der Waals surface area contributed by atoms with E-state index in [4.69, 9.17) is 4.74 Å². The lowest BCUT2D eigenvalue weighted by atomic mass is 9.45. The number of methoxy groups -OCH3 is 1. The molecular formula is C28H46O7. The number of hydrogen-bond donors (Lipinski definition) is 5. The first-order valence-electron chi connectivity index (χ1n) is 13.3. The van der Waals surface area contributed by atoms with Gasteiger partial charge in [-0.15, -0.1) is 0 Å². The highest BCUT2D eigenvalue weighted by atomic mass is 16.5. The molecule has 200 valence electrons. The van der Waals surface area contributed by atoms with E-state index >= 15 is 0 Å². The van der Waals surface area contributed by atoms with E-state index in [1.807, 2.05) is 6.92 Å². The van der Waals surface area contributed by atoms with E-state index < -0.39 is 39.8 Å². The third kappa shape index (κ3) is 4.05. The van der Waals surface area contributed by atoms with Crippen molar-refractivity contribution in [2.24, 2.45) is 28.6 Å². The normalized spacial score (nSPS) is 46.2. The van der Waals surface area contributed by atoms with Gasteiger partial charge in [0.05, 0.1) is 35.1 Å². The summed E-state index contributed by atoms with van der Waals surface area (Å²) in [6.45, 7) is 9.09. The van der Waals surface area contributed by atoms with Crippen molar-refractivity contribution in [2.45, 2.75) is 121 Å².